The Morgan fingerprint density at radius 3 is 2.13 bits per heavy atom. The van der Waals surface area contributed by atoms with E-state index in [0.717, 1.165) is 5.69 Å². The van der Waals surface area contributed by atoms with Crippen molar-refractivity contribution in [3.05, 3.63) is 88.1 Å². The molecule has 3 nitrogen and oxygen atoms in total. The fourth-order valence-corrected chi connectivity index (χ4v) is 3.04. The number of benzene rings is 2. The minimum absolute atomic E-state index is 0.120. The molecule has 0 N–H and O–H groups in total. The molecule has 0 radical (unpaired) electrons. The molecule has 0 aliphatic heterocycles. The highest BCUT2D eigenvalue weighted by Crippen LogP contribution is 2.21. The Labute approximate surface area is 138 Å². The van der Waals surface area contributed by atoms with E-state index in [0.29, 0.717) is 16.0 Å². The lowest BCUT2D eigenvalue weighted by molar-refractivity contribution is 0.0976. The molecule has 1 heterocycles. The van der Waals surface area contributed by atoms with Crippen molar-refractivity contribution in [3.63, 3.8) is 0 Å². The molecule has 0 fully saturated rings. The van der Waals surface area contributed by atoms with Crippen molar-refractivity contribution in [2.75, 3.05) is 11.9 Å². The largest absolute Gasteiger partial charge is 0.311 e. The van der Waals surface area contributed by atoms with Gasteiger partial charge in [0.1, 0.15) is 0 Å². The Morgan fingerprint density at radius 1 is 0.826 bits per heavy atom. The van der Waals surface area contributed by atoms with Gasteiger partial charge in [0.25, 0.3) is 5.91 Å². The number of anilines is 1. The molecule has 0 spiro atoms. The topological polar surface area (TPSA) is 37.4 Å². The van der Waals surface area contributed by atoms with Crippen molar-refractivity contribution in [2.24, 2.45) is 0 Å². The predicted octanol–water partition coefficient (Wildman–Crippen LogP) is 4.26. The Balaban J connectivity index is 1.97. The molecule has 2 aromatic carbocycles. The van der Waals surface area contributed by atoms with Crippen LogP contribution in [0, 0.1) is 0 Å². The zero-order valence-corrected chi connectivity index (χ0v) is 13.4. The van der Waals surface area contributed by atoms with Gasteiger partial charge in [-0.2, -0.15) is 0 Å². The first-order valence-corrected chi connectivity index (χ1v) is 8.07. The number of para-hydroxylation sites is 1. The number of nitrogens with zero attached hydrogens (tertiary/aromatic N) is 1. The maximum atomic E-state index is 12.8. The first kappa shape index (κ1) is 15.2. The number of ketones is 1. The molecule has 3 aromatic rings. The Bertz CT molecular complexity index is 826. The van der Waals surface area contributed by atoms with Crippen LogP contribution in [0.4, 0.5) is 5.69 Å². The lowest BCUT2D eigenvalue weighted by Gasteiger charge is -2.18. The van der Waals surface area contributed by atoms with Crippen molar-refractivity contribution in [1.82, 2.24) is 0 Å². The lowest BCUT2D eigenvalue weighted by atomic mass is 10.0. The van der Waals surface area contributed by atoms with Gasteiger partial charge in [0, 0.05) is 18.3 Å². The van der Waals surface area contributed by atoms with E-state index in [1.54, 1.807) is 42.3 Å². The van der Waals surface area contributed by atoms with E-state index >= 15 is 0 Å². The van der Waals surface area contributed by atoms with E-state index in [-0.39, 0.29) is 11.7 Å². The van der Waals surface area contributed by atoms with E-state index in [9.17, 15) is 9.59 Å². The van der Waals surface area contributed by atoms with Crippen LogP contribution < -0.4 is 4.90 Å². The maximum Gasteiger partial charge on any atom is 0.258 e. The minimum atomic E-state index is -0.197. The van der Waals surface area contributed by atoms with Crippen LogP contribution in [0.3, 0.4) is 0 Å². The van der Waals surface area contributed by atoms with Crippen LogP contribution in [0.5, 0.6) is 0 Å². The maximum absolute atomic E-state index is 12.8. The molecular weight excluding hydrogens is 306 g/mol. The molecule has 114 valence electrons. The van der Waals surface area contributed by atoms with Crippen LogP contribution in [0.1, 0.15) is 25.6 Å². The average Bonchev–Trinajstić information content (AvgIpc) is 3.15. The zero-order valence-electron chi connectivity index (χ0n) is 12.6. The molecule has 0 saturated carbocycles. The average molecular weight is 321 g/mol. The number of thiophene rings is 1. The highest BCUT2D eigenvalue weighted by atomic mass is 32.1. The first-order valence-electron chi connectivity index (χ1n) is 7.19. The number of hydrogen-bond donors (Lipinski definition) is 0. The fourth-order valence-electron chi connectivity index (χ4n) is 2.36. The van der Waals surface area contributed by atoms with Gasteiger partial charge in [0.05, 0.1) is 10.4 Å². The summed E-state index contributed by atoms with van der Waals surface area (Å²) in [6.45, 7) is 0. The highest BCUT2D eigenvalue weighted by Gasteiger charge is 2.21. The van der Waals surface area contributed by atoms with Crippen LogP contribution in [0.25, 0.3) is 0 Å². The molecule has 23 heavy (non-hydrogen) atoms. The lowest BCUT2D eigenvalue weighted by Crippen LogP contribution is -2.27. The fraction of sp³-hybridized carbons (Fsp3) is 0.0526. The normalized spacial score (nSPS) is 10.3. The minimum Gasteiger partial charge on any atom is -0.311 e. The molecule has 0 atom stereocenters. The monoisotopic (exact) mass is 321 g/mol. The van der Waals surface area contributed by atoms with Gasteiger partial charge in [-0.3, -0.25) is 9.59 Å². The van der Waals surface area contributed by atoms with Gasteiger partial charge >= 0.3 is 0 Å². The van der Waals surface area contributed by atoms with Crippen molar-refractivity contribution >= 4 is 28.7 Å². The summed E-state index contributed by atoms with van der Waals surface area (Å²) in [5.41, 5.74) is 1.64. The number of amides is 1. The van der Waals surface area contributed by atoms with Gasteiger partial charge in [0.2, 0.25) is 5.78 Å². The Morgan fingerprint density at radius 2 is 1.48 bits per heavy atom. The summed E-state index contributed by atoms with van der Waals surface area (Å²) < 4.78 is 0. The molecule has 0 aliphatic carbocycles. The van der Waals surface area contributed by atoms with Gasteiger partial charge in [-0.15, -0.1) is 11.3 Å². The summed E-state index contributed by atoms with van der Waals surface area (Å²) in [6, 6.07) is 19.9. The molecule has 0 aliphatic rings. The molecule has 3 rings (SSSR count). The second-order valence-corrected chi connectivity index (χ2v) is 6.00. The van der Waals surface area contributed by atoms with Crippen molar-refractivity contribution in [2.45, 2.75) is 0 Å². The van der Waals surface area contributed by atoms with E-state index in [4.69, 9.17) is 0 Å². The Hall–Kier alpha value is -2.72. The van der Waals surface area contributed by atoms with Gasteiger partial charge in [0.15, 0.2) is 0 Å². The number of carbonyl (C=O) groups excluding carboxylic acids is 2. The zero-order chi connectivity index (χ0) is 16.2. The number of hydrogen-bond acceptors (Lipinski definition) is 3. The summed E-state index contributed by atoms with van der Waals surface area (Å²) in [7, 11) is 1.71. The molecule has 0 bridgehead atoms. The van der Waals surface area contributed by atoms with Crippen molar-refractivity contribution < 1.29 is 9.59 Å². The smallest absolute Gasteiger partial charge is 0.258 e. The molecule has 0 unspecified atom stereocenters. The predicted molar refractivity (Wildman–Crippen MR) is 93.4 cm³/mol. The van der Waals surface area contributed by atoms with E-state index in [2.05, 4.69) is 0 Å². The number of carbonyl (C=O) groups is 2. The summed E-state index contributed by atoms with van der Waals surface area (Å²) >= 11 is 1.38. The van der Waals surface area contributed by atoms with E-state index in [1.807, 2.05) is 41.8 Å². The van der Waals surface area contributed by atoms with Gasteiger partial charge in [-0.1, -0.05) is 42.5 Å². The van der Waals surface area contributed by atoms with Crippen LogP contribution in [0.15, 0.2) is 72.1 Å². The summed E-state index contributed by atoms with van der Waals surface area (Å²) in [4.78, 5) is 27.6. The third-order valence-electron chi connectivity index (χ3n) is 3.60. The van der Waals surface area contributed by atoms with Gasteiger partial charge in [-0.05, 0) is 29.6 Å². The standard InChI is InChI=1S/C19H15NO2S/c1-20(14-8-3-2-4-9-14)19(22)16-11-6-5-10-15(16)18(21)17-12-7-13-23-17/h2-13H,1H3. The molecule has 0 saturated heterocycles. The highest BCUT2D eigenvalue weighted by molar-refractivity contribution is 7.12. The molecule has 4 heteroatoms. The van der Waals surface area contributed by atoms with Crippen molar-refractivity contribution in [1.29, 1.82) is 0 Å². The van der Waals surface area contributed by atoms with Gasteiger partial charge < -0.3 is 4.90 Å². The van der Waals surface area contributed by atoms with Crippen LogP contribution in [-0.2, 0) is 0 Å². The van der Waals surface area contributed by atoms with Crippen LogP contribution in [-0.4, -0.2) is 18.7 Å². The summed E-state index contributed by atoms with van der Waals surface area (Å²) in [5, 5.41) is 1.85. The third-order valence-corrected chi connectivity index (χ3v) is 4.46. The molecule has 1 amide bonds. The second kappa shape index (κ2) is 6.58. The van der Waals surface area contributed by atoms with E-state index < -0.39 is 0 Å². The third kappa shape index (κ3) is 3.07. The van der Waals surface area contributed by atoms with Gasteiger partial charge in [-0.25, -0.2) is 0 Å². The summed E-state index contributed by atoms with van der Waals surface area (Å²) in [5.74, 6) is -0.317. The SMILES string of the molecule is CN(C(=O)c1ccccc1C(=O)c1cccs1)c1ccccc1. The number of rotatable bonds is 4. The Kier molecular flexibility index (Phi) is 4.35. The van der Waals surface area contributed by atoms with Crippen LogP contribution >= 0.6 is 11.3 Å². The molecular formula is C19H15NO2S. The van der Waals surface area contributed by atoms with Crippen LogP contribution in [0.2, 0.25) is 0 Å². The quantitative estimate of drug-likeness (QED) is 0.674. The first-order chi connectivity index (χ1) is 11.2. The second-order valence-electron chi connectivity index (χ2n) is 5.05. The van der Waals surface area contributed by atoms with E-state index in [1.165, 1.54) is 11.3 Å². The molecule has 1 aromatic heterocycles. The summed E-state index contributed by atoms with van der Waals surface area (Å²) in [6.07, 6.45) is 0. The van der Waals surface area contributed by atoms with Crippen molar-refractivity contribution in [3.8, 4) is 0 Å².